The van der Waals surface area contributed by atoms with E-state index in [1.54, 1.807) is 55.6 Å². The number of aromatic hydroxyl groups is 3. The maximum atomic E-state index is 13.6. The van der Waals surface area contributed by atoms with E-state index in [9.17, 15) is 74.4 Å². The van der Waals surface area contributed by atoms with Gasteiger partial charge in [0.05, 0.1) is 98.3 Å². The number of aromatic amines is 1. The number of carbonyl (C=O) groups is 7. The molecule has 8 aromatic rings. The average Bonchev–Trinajstić information content (AvgIpc) is 0.830. The minimum atomic E-state index is -2.00. The number of cyclic esters (lactones) is 1. The number of hydrogen-bond acceptors (Lipinski definition) is 33. The molecule has 5 aliphatic heterocycles. The van der Waals surface area contributed by atoms with E-state index in [4.69, 9.17) is 78.8 Å². The van der Waals surface area contributed by atoms with Crippen LogP contribution in [0.4, 0.5) is 5.82 Å². The van der Waals surface area contributed by atoms with Gasteiger partial charge in [-0.25, -0.2) is 14.8 Å². The molecule has 4 fully saturated rings. The van der Waals surface area contributed by atoms with E-state index in [1.165, 1.54) is 57.8 Å². The molecule has 36 nitrogen and oxygen atoms in total. The Hall–Kier alpha value is -11.3. The molecule has 624 valence electrons. The molecule has 4 saturated heterocycles. The number of nitrogen functional groups attached to an aromatic ring is 1. The first kappa shape index (κ1) is 83.2. The number of aliphatic carboxylic acids is 2. The molecule has 1 amide bonds. The number of nitrogens with one attached hydrogen (secondary N) is 3. The number of ether oxygens (including phenoxy) is 12. The van der Waals surface area contributed by atoms with Crippen LogP contribution in [0.5, 0.6) is 46.0 Å². The second kappa shape index (κ2) is 33.9. The zero-order chi connectivity index (χ0) is 84.2. The van der Waals surface area contributed by atoms with Crippen LogP contribution in [0.2, 0.25) is 0 Å². The van der Waals surface area contributed by atoms with Gasteiger partial charge in [-0.1, -0.05) is 37.3 Å². The number of benzene rings is 5. The van der Waals surface area contributed by atoms with E-state index in [0.29, 0.717) is 45.8 Å². The molecule has 16 N–H and O–H groups in total. The highest BCUT2D eigenvalue weighted by Gasteiger charge is 2.57. The Morgan fingerprint density at radius 2 is 1.51 bits per heavy atom. The number of methoxy groups -OCH3 is 3. The van der Waals surface area contributed by atoms with Gasteiger partial charge in [-0.15, -0.1) is 11.3 Å². The SMILES string of the molecule is CCC(Cc1cnc2nc(=N)[nH]c(N)c2n1)c1ccc(C(=O)N[C@@H](CCC(=O)O)C(=O)O)cc1.COc1cc([C@@H]2c3cc4c(cc3[C@@H](O[C@@H]3O[C@@H]5COC(c6cccs6)O[C@H]5[C@H](O)[C@H]3O)[C@H]3COC(=O)[C@H]23)OCO4)cc(OC)c1O.COc1cccc2c1C(=O)c1c(O)c3c(c(O)c1C2=O)C[C@@](O)(C(C)=O)C[C@@H]3O[C@H]1C[C@H](N)[C@H](O)[C@H](C)O1. The zero-order valence-electron chi connectivity index (χ0n) is 64.2. The number of thiophene rings is 1. The molecule has 2 unspecified atom stereocenters. The van der Waals surface area contributed by atoms with Gasteiger partial charge in [-0.3, -0.25) is 34.2 Å². The molecule has 0 spiro atoms. The summed E-state index contributed by atoms with van der Waals surface area (Å²) in [5, 5.41) is 107. The van der Waals surface area contributed by atoms with Crippen LogP contribution in [0, 0.1) is 17.2 Å². The van der Waals surface area contributed by atoms with Crippen LogP contribution < -0.4 is 46.1 Å². The smallest absolute Gasteiger partial charge is 0.326 e. The molecule has 118 heavy (non-hydrogen) atoms. The molecule has 8 aliphatic rings. The van der Waals surface area contributed by atoms with Gasteiger partial charge < -0.3 is 125 Å². The monoisotopic (exact) mass is 1650 g/mol. The first-order valence-corrected chi connectivity index (χ1v) is 38.6. The van der Waals surface area contributed by atoms with E-state index in [-0.39, 0.29) is 120 Å². The fraction of sp³-hybridized carbons (Fsp3) is 0.420. The number of rotatable bonds is 20. The third kappa shape index (κ3) is 15.9. The Balaban J connectivity index is 0.000000148. The van der Waals surface area contributed by atoms with Crippen LogP contribution >= 0.6 is 11.3 Å². The fourth-order valence-electron chi connectivity index (χ4n) is 16.4. The Kier molecular flexibility index (Phi) is 23.9. The first-order chi connectivity index (χ1) is 56.4. The number of aliphatic hydroxyl groups excluding tert-OH is 3. The highest BCUT2D eigenvalue weighted by atomic mass is 32.1. The summed E-state index contributed by atoms with van der Waals surface area (Å²) in [7, 11) is 4.20. The Morgan fingerprint density at radius 1 is 0.805 bits per heavy atom. The largest absolute Gasteiger partial charge is 0.507 e. The standard InChI is InChI=1S/C32H32O13S.C27H29NO10.C22H25N7O5/c1-37-19-6-13(7-20(38-2)25(19)33)23-14-8-17-18(42-12-41-17)9-15(14)28(16-10-39-30(36)24(16)23)44-32-27(35)26(34)29-21(43-32)11-40-31(45-29)22-4-3-5-46-22;1-10-22(30)14(28)7-17(37-10)38-16-9-27(35,11(2)29)8-13-19(16)26(34)21-20(24(13)32)23(31)12-5-4-6-15(36-3)18(12)25(21)33;1-2-11(9-14-10-25-19-17(26-14)18(23)28-22(24)29-19)12-3-5-13(6-4-12)20(32)27-15(21(33)34)7-8-16(30)31/h3-9,16,21,23-24,26-29,31-35H,10-12H2,1-2H3;4-6,10,14,16-17,22,30,32,34-35H,7-9,28H2,1-3H3;3-6,10-11,15H,2,7-9H2,1H3,(H,27,32)(H,30,31)(H,33,34)(H4,23,24,25,28,29)/t16-,21+,23+,24-,26+,27+,28+,29+,31?,32-;10-,14-,16-,17-,22+,27-;11?,15-/m000/s1. The van der Waals surface area contributed by atoms with Gasteiger partial charge in [0.15, 0.2) is 59.1 Å². The van der Waals surface area contributed by atoms with Gasteiger partial charge >= 0.3 is 17.9 Å². The number of hydrogen-bond donors (Lipinski definition) is 14. The van der Waals surface area contributed by atoms with Crippen LogP contribution in [0.15, 0.2) is 90.4 Å². The fourth-order valence-corrected chi connectivity index (χ4v) is 17.1. The second-order valence-corrected chi connectivity index (χ2v) is 30.6. The molecule has 8 heterocycles. The maximum Gasteiger partial charge on any atom is 0.326 e. The number of amides is 1. The van der Waals surface area contributed by atoms with Crippen molar-refractivity contribution >= 4 is 69.5 Å². The van der Waals surface area contributed by atoms with Crippen molar-refractivity contribution in [2.75, 3.05) is 47.1 Å². The number of phenolic OH excluding ortho intramolecular Hbond substituents is 3. The van der Waals surface area contributed by atoms with Crippen molar-refractivity contribution in [2.24, 2.45) is 17.6 Å². The summed E-state index contributed by atoms with van der Waals surface area (Å²) in [6.07, 6.45) is -9.33. The summed E-state index contributed by atoms with van der Waals surface area (Å²) in [5.41, 5.74) is 13.4. The minimum absolute atomic E-state index is 0.0147. The lowest BCUT2D eigenvalue weighted by atomic mass is 9.66. The summed E-state index contributed by atoms with van der Waals surface area (Å²) in [6, 6.07) is 19.9. The zero-order valence-corrected chi connectivity index (χ0v) is 65.0. The van der Waals surface area contributed by atoms with Crippen molar-refractivity contribution in [2.45, 2.75) is 163 Å². The lowest BCUT2D eigenvalue weighted by Crippen LogP contribution is -2.62. The van der Waals surface area contributed by atoms with Gasteiger partial charge in [-0.05, 0) is 115 Å². The number of carbonyl (C=O) groups excluding carboxylic acids is 5. The second-order valence-electron chi connectivity index (χ2n) is 29.7. The number of H-pyrrole nitrogens is 1. The van der Waals surface area contributed by atoms with Gasteiger partial charge in [-0.2, -0.15) is 4.98 Å². The molecule has 3 aliphatic carbocycles. The van der Waals surface area contributed by atoms with E-state index >= 15 is 0 Å². The molecule has 0 saturated carbocycles. The summed E-state index contributed by atoms with van der Waals surface area (Å²) < 4.78 is 69.6. The molecule has 0 radical (unpaired) electrons. The molecular weight excluding hydrogens is 1560 g/mol. The number of aromatic nitrogens is 4. The average molecular weight is 1650 g/mol. The quantitative estimate of drug-likeness (QED) is 0.0353. The minimum Gasteiger partial charge on any atom is -0.507 e. The van der Waals surface area contributed by atoms with Crippen molar-refractivity contribution in [1.82, 2.24) is 25.3 Å². The lowest BCUT2D eigenvalue weighted by Gasteiger charge is -2.48. The number of carboxylic acids is 2. The number of anilines is 1. The Bertz CT molecular complexity index is 5260. The predicted molar refractivity (Wildman–Crippen MR) is 407 cm³/mol. The number of aliphatic hydroxyl groups is 4. The summed E-state index contributed by atoms with van der Waals surface area (Å²) >= 11 is 1.46. The van der Waals surface area contributed by atoms with Crippen molar-refractivity contribution in [1.29, 1.82) is 5.41 Å². The van der Waals surface area contributed by atoms with Gasteiger partial charge in [0.25, 0.3) is 5.91 Å². The van der Waals surface area contributed by atoms with E-state index in [1.807, 2.05) is 30.5 Å². The van der Waals surface area contributed by atoms with E-state index in [2.05, 4.69) is 25.3 Å². The molecule has 18 atom stereocenters. The third-order valence-corrected chi connectivity index (χ3v) is 23.4. The van der Waals surface area contributed by atoms with Gasteiger partial charge in [0.1, 0.15) is 64.6 Å². The maximum absolute atomic E-state index is 13.6. The number of nitrogens with zero attached hydrogens (tertiary/aromatic N) is 3. The molecule has 5 aromatic carbocycles. The molecule has 0 bridgehead atoms. The van der Waals surface area contributed by atoms with Gasteiger partial charge in [0.2, 0.25) is 23.9 Å². The Labute approximate surface area is 674 Å². The topological polar surface area (TPSA) is 555 Å². The van der Waals surface area contributed by atoms with Crippen molar-refractivity contribution < 1.29 is 136 Å². The number of ketones is 3. The van der Waals surface area contributed by atoms with E-state index < -0.39 is 173 Å². The lowest BCUT2D eigenvalue weighted by molar-refractivity contribution is -0.368. The van der Waals surface area contributed by atoms with Crippen molar-refractivity contribution in [3.8, 4) is 46.0 Å². The Morgan fingerprint density at radius 3 is 2.16 bits per heavy atom. The van der Waals surface area contributed by atoms with Crippen LogP contribution in [-0.2, 0) is 65.2 Å². The van der Waals surface area contributed by atoms with Crippen molar-refractivity contribution in [3.63, 3.8) is 0 Å². The summed E-state index contributed by atoms with van der Waals surface area (Å²) in [5.74, 6) is -6.99. The number of carboxylic acid groups (broad SMARTS) is 2. The van der Waals surface area contributed by atoms with Crippen LogP contribution in [0.3, 0.4) is 0 Å². The normalized spacial score (nSPS) is 26.8. The summed E-state index contributed by atoms with van der Waals surface area (Å²) in [4.78, 5) is 104. The highest BCUT2D eigenvalue weighted by Crippen LogP contribution is 2.58. The third-order valence-electron chi connectivity index (χ3n) is 22.5. The number of Topliss-reactive ketones (excluding diaryl/α,β-unsaturated/α-hetero) is 1. The highest BCUT2D eigenvalue weighted by molar-refractivity contribution is 7.10. The number of esters is 1. The molecular formula is C81H86N8O28S. The summed E-state index contributed by atoms with van der Waals surface area (Å²) in [6.45, 7) is 4.98. The van der Waals surface area contributed by atoms with Crippen molar-refractivity contribution in [3.05, 3.63) is 168 Å². The number of fused-ring (bicyclic) bond motifs is 8. The van der Waals surface area contributed by atoms with Crippen LogP contribution in [0.1, 0.15) is 169 Å². The van der Waals surface area contributed by atoms with E-state index in [0.717, 1.165) is 16.9 Å². The van der Waals surface area contributed by atoms with Gasteiger partial charge in [0, 0.05) is 65.8 Å². The molecule has 37 heteroatoms. The number of phenols is 3. The predicted octanol–water partition coefficient (Wildman–Crippen LogP) is 4.98. The van der Waals surface area contributed by atoms with Crippen LogP contribution in [-0.4, -0.2) is 215 Å². The van der Waals surface area contributed by atoms with Crippen LogP contribution in [0.25, 0.3) is 11.2 Å². The molecule has 16 rings (SSSR count). The molecule has 3 aromatic heterocycles. The number of nitrogens with two attached hydrogens (primary N) is 2. The first-order valence-electron chi connectivity index (χ1n) is 37.7.